The van der Waals surface area contributed by atoms with Gasteiger partial charge in [0, 0.05) is 46.1 Å². The van der Waals surface area contributed by atoms with Crippen molar-refractivity contribution >= 4 is 17.6 Å². The third-order valence-corrected chi connectivity index (χ3v) is 4.90. The number of rotatable bonds is 6. The Labute approximate surface area is 152 Å². The molecule has 0 radical (unpaired) electrons. The number of imide groups is 1. The van der Waals surface area contributed by atoms with Crippen LogP contribution in [0.5, 0.6) is 5.75 Å². The Morgan fingerprint density at radius 1 is 1.15 bits per heavy atom. The van der Waals surface area contributed by atoms with Gasteiger partial charge in [0.05, 0.1) is 6.20 Å². The largest absolute Gasteiger partial charge is 0.479 e. The molecule has 0 bridgehead atoms. The van der Waals surface area contributed by atoms with Crippen LogP contribution in [-0.4, -0.2) is 56.5 Å². The molecule has 2 aliphatic rings. The number of carbonyl (C=O) groups excluding carboxylic acids is 2. The summed E-state index contributed by atoms with van der Waals surface area (Å²) in [7, 11) is 3.34. The topological polar surface area (TPSA) is 90.0 Å². The van der Waals surface area contributed by atoms with Crippen LogP contribution in [0.1, 0.15) is 25.7 Å². The third kappa shape index (κ3) is 4.31. The lowest BCUT2D eigenvalue weighted by molar-refractivity contribution is -0.141. The van der Waals surface area contributed by atoms with Crippen LogP contribution in [-0.2, 0) is 19.1 Å². The number of aromatic nitrogens is 1. The van der Waals surface area contributed by atoms with Crippen molar-refractivity contribution in [2.75, 3.05) is 32.2 Å². The predicted molar refractivity (Wildman–Crippen MR) is 93.8 cm³/mol. The summed E-state index contributed by atoms with van der Waals surface area (Å²) in [6.07, 6.45) is 3.45. The number of ether oxygens (including phenoxy) is 3. The fourth-order valence-corrected chi connectivity index (χ4v) is 3.46. The van der Waals surface area contributed by atoms with Gasteiger partial charge in [-0.05, 0) is 25.0 Å². The highest BCUT2D eigenvalue weighted by Crippen LogP contribution is 2.26. The predicted octanol–water partition coefficient (Wildman–Crippen LogP) is 1.10. The molecule has 1 aromatic heterocycles. The van der Waals surface area contributed by atoms with Crippen molar-refractivity contribution in [1.29, 1.82) is 0 Å². The molecular weight excluding hydrogens is 338 g/mol. The molecule has 2 aliphatic heterocycles. The lowest BCUT2D eigenvalue weighted by Crippen LogP contribution is -2.46. The zero-order valence-electron chi connectivity index (χ0n) is 15.1. The second-order valence-electron chi connectivity index (χ2n) is 6.57. The lowest BCUT2D eigenvalue weighted by Gasteiger charge is -2.35. The molecular formula is C18H25N3O5. The van der Waals surface area contributed by atoms with Gasteiger partial charge in [0.2, 0.25) is 5.91 Å². The van der Waals surface area contributed by atoms with E-state index >= 15 is 0 Å². The molecule has 2 fully saturated rings. The molecule has 2 amide bonds. The average Bonchev–Trinajstić information content (AvgIpc) is 2.66. The molecule has 26 heavy (non-hydrogen) atoms. The van der Waals surface area contributed by atoms with Crippen LogP contribution in [0.2, 0.25) is 0 Å². The van der Waals surface area contributed by atoms with Crippen LogP contribution in [0, 0.1) is 5.92 Å². The molecule has 1 N–H and O–H groups in total. The van der Waals surface area contributed by atoms with Gasteiger partial charge in [0.15, 0.2) is 12.4 Å². The Kier molecular flexibility index (Phi) is 6.05. The highest BCUT2D eigenvalue weighted by atomic mass is 16.7. The third-order valence-electron chi connectivity index (χ3n) is 4.90. The summed E-state index contributed by atoms with van der Waals surface area (Å²) in [5.41, 5.74) is 0. The molecule has 1 unspecified atom stereocenters. The molecule has 2 saturated heterocycles. The van der Waals surface area contributed by atoms with Crippen LogP contribution < -0.4 is 15.0 Å². The molecule has 8 nitrogen and oxygen atoms in total. The van der Waals surface area contributed by atoms with Crippen LogP contribution in [0.15, 0.2) is 18.3 Å². The van der Waals surface area contributed by atoms with Gasteiger partial charge in [-0.25, -0.2) is 4.98 Å². The number of piperidine rings is 2. The lowest BCUT2D eigenvalue weighted by atomic mass is 9.96. The van der Waals surface area contributed by atoms with E-state index in [2.05, 4.69) is 15.2 Å². The quantitative estimate of drug-likeness (QED) is 0.598. The summed E-state index contributed by atoms with van der Waals surface area (Å²) in [6, 6.07) is 3.71. The average molecular weight is 363 g/mol. The Balaban J connectivity index is 1.53. The number of nitrogens with one attached hydrogen (secondary N) is 1. The van der Waals surface area contributed by atoms with Crippen molar-refractivity contribution in [3.8, 4) is 5.75 Å². The SMILES string of the molecule is COC(OC)C1CCN(c2ccc(OC3CCC(=O)NC3=O)cn2)CC1. The normalized spacial score (nSPS) is 21.8. The summed E-state index contributed by atoms with van der Waals surface area (Å²) < 4.78 is 16.4. The first-order valence-electron chi connectivity index (χ1n) is 8.87. The zero-order valence-corrected chi connectivity index (χ0v) is 15.1. The Morgan fingerprint density at radius 3 is 2.46 bits per heavy atom. The minimum atomic E-state index is -0.642. The van der Waals surface area contributed by atoms with E-state index in [4.69, 9.17) is 14.2 Å². The monoisotopic (exact) mass is 363 g/mol. The summed E-state index contributed by atoms with van der Waals surface area (Å²) in [5.74, 6) is 1.15. The smallest absolute Gasteiger partial charge is 0.267 e. The van der Waals surface area contributed by atoms with E-state index < -0.39 is 12.0 Å². The molecule has 0 aliphatic carbocycles. The molecule has 8 heteroatoms. The number of nitrogens with zero attached hydrogens (tertiary/aromatic N) is 2. The van der Waals surface area contributed by atoms with E-state index in [1.54, 1.807) is 20.4 Å². The van der Waals surface area contributed by atoms with Gasteiger partial charge in [-0.3, -0.25) is 14.9 Å². The van der Waals surface area contributed by atoms with Gasteiger partial charge in [-0.2, -0.15) is 0 Å². The number of amides is 2. The van der Waals surface area contributed by atoms with Crippen molar-refractivity contribution in [2.45, 2.75) is 38.1 Å². The van der Waals surface area contributed by atoms with Gasteiger partial charge in [0.25, 0.3) is 5.91 Å². The first-order chi connectivity index (χ1) is 12.6. The van der Waals surface area contributed by atoms with E-state index in [0.29, 0.717) is 24.5 Å². The minimum Gasteiger partial charge on any atom is -0.479 e. The van der Waals surface area contributed by atoms with Crippen molar-refractivity contribution in [2.24, 2.45) is 5.92 Å². The fourth-order valence-electron chi connectivity index (χ4n) is 3.46. The van der Waals surface area contributed by atoms with Crippen molar-refractivity contribution in [3.05, 3.63) is 18.3 Å². The Bertz CT molecular complexity index is 624. The minimum absolute atomic E-state index is 0.158. The molecule has 1 atom stereocenters. The van der Waals surface area contributed by atoms with Gasteiger partial charge in [-0.1, -0.05) is 0 Å². The van der Waals surface area contributed by atoms with Crippen LogP contribution in [0.25, 0.3) is 0 Å². The van der Waals surface area contributed by atoms with E-state index in [9.17, 15) is 9.59 Å². The molecule has 3 heterocycles. The van der Waals surface area contributed by atoms with Gasteiger partial charge in [0.1, 0.15) is 11.6 Å². The highest BCUT2D eigenvalue weighted by molar-refractivity contribution is 5.99. The molecule has 0 aromatic carbocycles. The molecule has 1 aromatic rings. The summed E-state index contributed by atoms with van der Waals surface area (Å²) in [4.78, 5) is 29.6. The van der Waals surface area contributed by atoms with Crippen LogP contribution in [0.4, 0.5) is 5.82 Å². The Hall–Kier alpha value is -2.19. The Morgan fingerprint density at radius 2 is 1.88 bits per heavy atom. The van der Waals surface area contributed by atoms with Crippen LogP contribution >= 0.6 is 0 Å². The second-order valence-corrected chi connectivity index (χ2v) is 6.57. The van der Waals surface area contributed by atoms with E-state index in [0.717, 1.165) is 31.7 Å². The van der Waals surface area contributed by atoms with E-state index in [1.807, 2.05) is 12.1 Å². The number of hydrogen-bond donors (Lipinski definition) is 1. The molecule has 0 saturated carbocycles. The molecule has 3 rings (SSSR count). The number of hydrogen-bond acceptors (Lipinski definition) is 7. The van der Waals surface area contributed by atoms with Crippen LogP contribution in [0.3, 0.4) is 0 Å². The zero-order chi connectivity index (χ0) is 18.5. The summed E-state index contributed by atoms with van der Waals surface area (Å²) in [6.45, 7) is 1.77. The van der Waals surface area contributed by atoms with E-state index in [1.165, 1.54) is 0 Å². The van der Waals surface area contributed by atoms with Crippen molar-refractivity contribution in [3.63, 3.8) is 0 Å². The van der Waals surface area contributed by atoms with Gasteiger partial charge in [-0.15, -0.1) is 0 Å². The maximum absolute atomic E-state index is 11.8. The van der Waals surface area contributed by atoms with Gasteiger partial charge < -0.3 is 19.1 Å². The first-order valence-corrected chi connectivity index (χ1v) is 8.87. The summed E-state index contributed by atoms with van der Waals surface area (Å²) >= 11 is 0. The molecule has 0 spiro atoms. The standard InChI is InChI=1S/C18H25N3O5/c1-24-18(25-2)12-7-9-21(10-8-12)15-5-3-13(11-19-15)26-14-4-6-16(22)20-17(14)23/h3,5,11-12,14,18H,4,6-10H2,1-2H3,(H,20,22,23). The van der Waals surface area contributed by atoms with Gasteiger partial charge >= 0.3 is 0 Å². The van der Waals surface area contributed by atoms with E-state index in [-0.39, 0.29) is 12.2 Å². The fraction of sp³-hybridized carbons (Fsp3) is 0.611. The van der Waals surface area contributed by atoms with Crippen molar-refractivity contribution in [1.82, 2.24) is 10.3 Å². The second kappa shape index (κ2) is 8.46. The number of methoxy groups -OCH3 is 2. The maximum Gasteiger partial charge on any atom is 0.267 e. The number of carbonyl (C=O) groups is 2. The summed E-state index contributed by atoms with van der Waals surface area (Å²) in [5, 5.41) is 2.28. The first kappa shape index (κ1) is 18.6. The number of anilines is 1. The highest BCUT2D eigenvalue weighted by Gasteiger charge is 2.29. The van der Waals surface area contributed by atoms with Crippen molar-refractivity contribution < 1.29 is 23.8 Å². The number of pyridine rings is 1. The molecule has 142 valence electrons. The maximum atomic E-state index is 11.8.